The van der Waals surface area contributed by atoms with Crippen molar-refractivity contribution in [3.8, 4) is 0 Å². The van der Waals surface area contributed by atoms with Gasteiger partial charge in [0.15, 0.2) is 6.10 Å². The third-order valence-corrected chi connectivity index (χ3v) is 11.6. The maximum atomic E-state index is 12.7. The van der Waals surface area contributed by atoms with Gasteiger partial charge in [-0.3, -0.25) is 14.4 Å². The van der Waals surface area contributed by atoms with Gasteiger partial charge < -0.3 is 14.2 Å². The number of carbonyl (C=O) groups excluding carboxylic acids is 3. The van der Waals surface area contributed by atoms with Crippen LogP contribution in [0.4, 0.5) is 0 Å². The summed E-state index contributed by atoms with van der Waals surface area (Å²) in [6.45, 7) is 6.38. The summed E-state index contributed by atoms with van der Waals surface area (Å²) in [4.78, 5) is 37.8. The number of carbonyl (C=O) groups is 3. The number of esters is 3. The van der Waals surface area contributed by atoms with E-state index in [4.69, 9.17) is 14.2 Å². The quantitative estimate of drug-likeness (QED) is 0.0262. The first-order valence-electron chi connectivity index (χ1n) is 27.7. The monoisotopic (exact) mass is 931 g/mol. The van der Waals surface area contributed by atoms with Crippen LogP contribution in [0.1, 0.15) is 252 Å². The Labute approximate surface area is 413 Å². The Morgan fingerprint density at radius 3 is 0.985 bits per heavy atom. The Hall–Kier alpha value is -3.67. The zero-order valence-electron chi connectivity index (χ0n) is 43.6. The molecular formula is C61H102O6. The molecule has 0 aliphatic carbocycles. The molecule has 0 aromatic heterocycles. The average molecular weight is 931 g/mol. The van der Waals surface area contributed by atoms with Crippen molar-refractivity contribution < 1.29 is 28.6 Å². The molecule has 0 heterocycles. The SMILES string of the molecule is CC/C=C\C/C=C\C/C=C\C/C=C\C/C=C\CC(=O)OC(COC(=O)CCCCCCCCC)COC(=O)CCCCCCCCCCCCCC/C=C\C/C=C\C/C=C\CCCCCCC. The van der Waals surface area contributed by atoms with Gasteiger partial charge in [0.1, 0.15) is 13.2 Å². The normalized spacial score (nSPS) is 12.8. The van der Waals surface area contributed by atoms with Crippen molar-refractivity contribution in [3.63, 3.8) is 0 Å². The van der Waals surface area contributed by atoms with Gasteiger partial charge in [-0.15, -0.1) is 0 Å². The molecule has 0 saturated heterocycles. The highest BCUT2D eigenvalue weighted by Gasteiger charge is 2.19. The van der Waals surface area contributed by atoms with Crippen LogP contribution in [0, 0.1) is 0 Å². The molecule has 0 saturated carbocycles. The first-order chi connectivity index (χ1) is 33.0. The van der Waals surface area contributed by atoms with Crippen LogP contribution in [0.5, 0.6) is 0 Å². The first-order valence-corrected chi connectivity index (χ1v) is 27.7. The molecule has 1 atom stereocenters. The molecule has 6 nitrogen and oxygen atoms in total. The highest BCUT2D eigenvalue weighted by molar-refractivity contribution is 5.72. The number of hydrogen-bond acceptors (Lipinski definition) is 6. The van der Waals surface area contributed by atoms with Crippen LogP contribution in [-0.4, -0.2) is 37.2 Å². The highest BCUT2D eigenvalue weighted by Crippen LogP contribution is 2.15. The second kappa shape index (κ2) is 54.9. The summed E-state index contributed by atoms with van der Waals surface area (Å²) in [5.74, 6) is -1.06. The number of ether oxygens (including phenoxy) is 3. The molecule has 0 fully saturated rings. The van der Waals surface area contributed by atoms with Crippen molar-refractivity contribution >= 4 is 17.9 Å². The second-order valence-electron chi connectivity index (χ2n) is 18.1. The molecule has 0 aromatic carbocycles. The molecule has 382 valence electrons. The van der Waals surface area contributed by atoms with Gasteiger partial charge in [0.25, 0.3) is 0 Å². The Bertz CT molecular complexity index is 1350. The summed E-state index contributed by atoms with van der Waals surface area (Å²) in [6.07, 6.45) is 73.1. The number of unbranched alkanes of at least 4 members (excludes halogenated alkanes) is 23. The lowest BCUT2D eigenvalue weighted by atomic mass is 10.0. The minimum atomic E-state index is -0.829. The zero-order valence-corrected chi connectivity index (χ0v) is 43.6. The molecule has 0 bridgehead atoms. The van der Waals surface area contributed by atoms with Crippen molar-refractivity contribution in [1.82, 2.24) is 0 Å². The smallest absolute Gasteiger partial charge is 0.310 e. The molecule has 6 heteroatoms. The van der Waals surface area contributed by atoms with E-state index in [1.807, 2.05) is 6.08 Å². The summed E-state index contributed by atoms with van der Waals surface area (Å²) in [7, 11) is 0. The topological polar surface area (TPSA) is 78.9 Å². The fraction of sp³-hybridized carbons (Fsp3) is 0.689. The second-order valence-corrected chi connectivity index (χ2v) is 18.1. The van der Waals surface area contributed by atoms with Crippen LogP contribution < -0.4 is 0 Å². The molecule has 0 radical (unpaired) electrons. The van der Waals surface area contributed by atoms with E-state index in [1.165, 1.54) is 128 Å². The van der Waals surface area contributed by atoms with Crippen LogP contribution in [-0.2, 0) is 28.6 Å². The minimum absolute atomic E-state index is 0.0960. The van der Waals surface area contributed by atoms with Gasteiger partial charge in [0.05, 0.1) is 6.42 Å². The number of rotatable bonds is 49. The Morgan fingerprint density at radius 1 is 0.328 bits per heavy atom. The lowest BCUT2D eigenvalue weighted by Crippen LogP contribution is -2.30. The predicted octanol–water partition coefficient (Wildman–Crippen LogP) is 18.5. The molecule has 0 aromatic rings. The first kappa shape index (κ1) is 63.3. The largest absolute Gasteiger partial charge is 0.462 e. The van der Waals surface area contributed by atoms with E-state index in [9.17, 15) is 14.4 Å². The number of allylic oxidation sites excluding steroid dienone is 15. The van der Waals surface area contributed by atoms with E-state index in [1.54, 1.807) is 6.08 Å². The lowest BCUT2D eigenvalue weighted by Gasteiger charge is -2.18. The average Bonchev–Trinajstić information content (AvgIpc) is 3.33. The van der Waals surface area contributed by atoms with Gasteiger partial charge in [0, 0.05) is 12.8 Å². The Balaban J connectivity index is 4.22. The van der Waals surface area contributed by atoms with Crippen molar-refractivity contribution in [2.24, 2.45) is 0 Å². The van der Waals surface area contributed by atoms with E-state index < -0.39 is 12.1 Å². The van der Waals surface area contributed by atoms with Crippen LogP contribution >= 0.6 is 0 Å². The molecule has 0 aliphatic rings. The molecule has 0 rings (SSSR count). The van der Waals surface area contributed by atoms with Crippen LogP contribution in [0.3, 0.4) is 0 Å². The van der Waals surface area contributed by atoms with E-state index >= 15 is 0 Å². The van der Waals surface area contributed by atoms with Gasteiger partial charge in [0.2, 0.25) is 0 Å². The molecule has 0 spiro atoms. The van der Waals surface area contributed by atoms with Crippen molar-refractivity contribution in [2.75, 3.05) is 13.2 Å². The standard InChI is InChI=1S/C61H102O6/c1-4-7-10-13-16-18-20-22-24-25-26-27-28-29-30-31-32-33-34-35-37-38-40-42-45-48-51-54-60(63)66-57-58(56-65-59(62)53-50-47-44-15-12-9-6-3)67-61(64)55-52-49-46-43-41-39-36-23-21-19-17-14-11-8-5-2/h8,11,17,19-20,22-23,25-26,28-29,36,41,43,49,52,58H,4-7,9-10,12-16,18,21,24,27,30-35,37-40,42,44-48,50-51,53-57H2,1-3H3/b11-8-,19-17-,22-20-,26-25-,29-28-,36-23-,43-41-,52-49-. The third kappa shape index (κ3) is 53.2. The van der Waals surface area contributed by atoms with E-state index in [-0.39, 0.29) is 31.6 Å². The fourth-order valence-corrected chi connectivity index (χ4v) is 7.47. The zero-order chi connectivity index (χ0) is 48.6. The van der Waals surface area contributed by atoms with Crippen LogP contribution in [0.2, 0.25) is 0 Å². The maximum absolute atomic E-state index is 12.7. The predicted molar refractivity (Wildman–Crippen MR) is 288 cm³/mol. The molecule has 0 N–H and O–H groups in total. The van der Waals surface area contributed by atoms with Gasteiger partial charge in [-0.05, 0) is 83.5 Å². The number of hydrogen-bond donors (Lipinski definition) is 0. The fourth-order valence-electron chi connectivity index (χ4n) is 7.47. The Kier molecular flexibility index (Phi) is 51.9. The summed E-state index contributed by atoms with van der Waals surface area (Å²) >= 11 is 0. The van der Waals surface area contributed by atoms with Crippen LogP contribution in [0.25, 0.3) is 0 Å². The summed E-state index contributed by atoms with van der Waals surface area (Å²) < 4.78 is 16.6. The summed E-state index contributed by atoms with van der Waals surface area (Å²) in [6, 6.07) is 0. The van der Waals surface area contributed by atoms with E-state index in [2.05, 4.69) is 106 Å². The molecule has 0 aliphatic heterocycles. The van der Waals surface area contributed by atoms with Crippen molar-refractivity contribution in [2.45, 2.75) is 258 Å². The van der Waals surface area contributed by atoms with Gasteiger partial charge >= 0.3 is 17.9 Å². The minimum Gasteiger partial charge on any atom is -0.462 e. The summed E-state index contributed by atoms with van der Waals surface area (Å²) in [5.41, 5.74) is 0. The van der Waals surface area contributed by atoms with E-state index in [0.717, 1.165) is 83.5 Å². The van der Waals surface area contributed by atoms with Crippen molar-refractivity contribution in [1.29, 1.82) is 0 Å². The summed E-state index contributed by atoms with van der Waals surface area (Å²) in [5, 5.41) is 0. The molecule has 1 unspecified atom stereocenters. The van der Waals surface area contributed by atoms with Crippen LogP contribution in [0.15, 0.2) is 97.2 Å². The van der Waals surface area contributed by atoms with Crippen molar-refractivity contribution in [3.05, 3.63) is 97.2 Å². The Morgan fingerprint density at radius 2 is 0.627 bits per heavy atom. The lowest BCUT2D eigenvalue weighted by molar-refractivity contribution is -0.166. The van der Waals surface area contributed by atoms with Gasteiger partial charge in [-0.1, -0.05) is 246 Å². The maximum Gasteiger partial charge on any atom is 0.310 e. The molecule has 0 amide bonds. The molecular weight excluding hydrogens is 829 g/mol. The molecule has 67 heavy (non-hydrogen) atoms. The third-order valence-electron chi connectivity index (χ3n) is 11.6. The van der Waals surface area contributed by atoms with E-state index in [0.29, 0.717) is 12.8 Å². The highest BCUT2D eigenvalue weighted by atomic mass is 16.6. The van der Waals surface area contributed by atoms with Gasteiger partial charge in [-0.2, -0.15) is 0 Å². The van der Waals surface area contributed by atoms with Gasteiger partial charge in [-0.25, -0.2) is 0 Å².